The molecule has 0 radical (unpaired) electrons. The number of rotatable bonds is 5. The maximum Gasteiger partial charge on any atom is 0.323 e. The Bertz CT molecular complexity index is 797. The minimum Gasteiger partial charge on any atom is -0.480 e. The van der Waals surface area contributed by atoms with Crippen LogP contribution in [0.25, 0.3) is 22.1 Å². The van der Waals surface area contributed by atoms with E-state index in [4.69, 9.17) is 9.52 Å². The lowest BCUT2D eigenvalue weighted by atomic mass is 10.2. The van der Waals surface area contributed by atoms with Crippen LogP contribution in [0.1, 0.15) is 13.3 Å². The normalized spacial score (nSPS) is 11.1. The van der Waals surface area contributed by atoms with Gasteiger partial charge in [-0.15, -0.1) is 0 Å². The maximum absolute atomic E-state index is 11.1. The van der Waals surface area contributed by atoms with Crippen molar-refractivity contribution in [1.82, 2.24) is 9.97 Å². The molecular formula is C15H15N3O3. The van der Waals surface area contributed by atoms with Gasteiger partial charge in [0.05, 0.1) is 0 Å². The van der Waals surface area contributed by atoms with Crippen molar-refractivity contribution in [3.05, 3.63) is 30.6 Å². The fourth-order valence-corrected chi connectivity index (χ4v) is 2.43. The molecule has 2 aromatic heterocycles. The van der Waals surface area contributed by atoms with Gasteiger partial charge in [-0.2, -0.15) is 0 Å². The lowest BCUT2D eigenvalue weighted by Crippen LogP contribution is -2.31. The Labute approximate surface area is 121 Å². The second kappa shape index (κ2) is 5.40. The molecule has 1 aromatic carbocycles. The van der Waals surface area contributed by atoms with E-state index in [1.54, 1.807) is 4.90 Å². The first-order valence-electron chi connectivity index (χ1n) is 6.79. The number of hydrogen-bond donors (Lipinski definition) is 1. The highest BCUT2D eigenvalue weighted by molar-refractivity contribution is 6.05. The second-order valence-corrected chi connectivity index (χ2v) is 4.79. The summed E-state index contributed by atoms with van der Waals surface area (Å²) in [7, 11) is 0. The Morgan fingerprint density at radius 3 is 2.90 bits per heavy atom. The summed E-state index contributed by atoms with van der Waals surface area (Å²) in [4.78, 5) is 21.3. The summed E-state index contributed by atoms with van der Waals surface area (Å²) in [5.74, 6) is -0.369. The Hall–Kier alpha value is -2.63. The van der Waals surface area contributed by atoms with E-state index in [-0.39, 0.29) is 6.54 Å². The van der Waals surface area contributed by atoms with Gasteiger partial charge >= 0.3 is 5.97 Å². The summed E-state index contributed by atoms with van der Waals surface area (Å²) in [5.41, 5.74) is 1.97. The van der Waals surface area contributed by atoms with Crippen LogP contribution in [0.4, 0.5) is 5.82 Å². The standard InChI is InChI=1S/C15H15N3O3/c1-2-7-18(8-12(19)20)15-14-13(16-9-17-15)10-5-3-4-6-11(10)21-14/h3-6,9H,2,7-8H2,1H3,(H,19,20). The molecule has 3 aromatic rings. The largest absolute Gasteiger partial charge is 0.480 e. The zero-order valence-electron chi connectivity index (χ0n) is 11.6. The average molecular weight is 285 g/mol. The van der Waals surface area contributed by atoms with E-state index in [1.807, 2.05) is 31.2 Å². The Morgan fingerprint density at radius 2 is 2.14 bits per heavy atom. The lowest BCUT2D eigenvalue weighted by Gasteiger charge is -2.20. The number of aromatic nitrogens is 2. The summed E-state index contributed by atoms with van der Waals surface area (Å²) < 4.78 is 5.83. The molecule has 0 aliphatic carbocycles. The predicted octanol–water partition coefficient (Wildman–Crippen LogP) is 2.68. The number of furan rings is 1. The van der Waals surface area contributed by atoms with Crippen molar-refractivity contribution >= 4 is 33.9 Å². The Morgan fingerprint density at radius 1 is 1.33 bits per heavy atom. The Kier molecular flexibility index (Phi) is 3.43. The van der Waals surface area contributed by atoms with Gasteiger partial charge < -0.3 is 14.4 Å². The summed E-state index contributed by atoms with van der Waals surface area (Å²) in [6.45, 7) is 2.47. The molecule has 1 N–H and O–H groups in total. The molecule has 21 heavy (non-hydrogen) atoms. The van der Waals surface area contributed by atoms with Gasteiger partial charge in [0.25, 0.3) is 0 Å². The molecule has 108 valence electrons. The number of benzene rings is 1. The van der Waals surface area contributed by atoms with Crippen molar-refractivity contribution in [1.29, 1.82) is 0 Å². The topological polar surface area (TPSA) is 79.5 Å². The first kappa shape index (κ1) is 13.4. The predicted molar refractivity (Wildman–Crippen MR) is 79.4 cm³/mol. The molecule has 2 heterocycles. The first-order valence-corrected chi connectivity index (χ1v) is 6.79. The lowest BCUT2D eigenvalue weighted by molar-refractivity contribution is -0.135. The zero-order valence-corrected chi connectivity index (χ0v) is 11.6. The van der Waals surface area contributed by atoms with Crippen molar-refractivity contribution in [2.45, 2.75) is 13.3 Å². The van der Waals surface area contributed by atoms with E-state index in [9.17, 15) is 4.79 Å². The number of nitrogens with zero attached hydrogens (tertiary/aromatic N) is 3. The monoisotopic (exact) mass is 285 g/mol. The van der Waals surface area contributed by atoms with Crippen molar-refractivity contribution in [3.63, 3.8) is 0 Å². The molecular weight excluding hydrogens is 270 g/mol. The van der Waals surface area contributed by atoms with Crippen LogP contribution in [0.2, 0.25) is 0 Å². The quantitative estimate of drug-likeness (QED) is 0.776. The second-order valence-electron chi connectivity index (χ2n) is 4.79. The minimum atomic E-state index is -0.897. The number of carboxylic acid groups (broad SMARTS) is 1. The van der Waals surface area contributed by atoms with Gasteiger partial charge in [0.15, 0.2) is 11.4 Å². The van der Waals surface area contributed by atoms with E-state index in [1.165, 1.54) is 6.33 Å². The maximum atomic E-state index is 11.1. The minimum absolute atomic E-state index is 0.114. The number of carbonyl (C=O) groups is 1. The highest BCUT2D eigenvalue weighted by Gasteiger charge is 2.19. The van der Waals surface area contributed by atoms with E-state index in [0.717, 1.165) is 17.4 Å². The van der Waals surface area contributed by atoms with Gasteiger partial charge in [0, 0.05) is 11.9 Å². The molecule has 0 bridgehead atoms. The van der Waals surface area contributed by atoms with Gasteiger partial charge in [-0.1, -0.05) is 19.1 Å². The van der Waals surface area contributed by atoms with Gasteiger partial charge in [-0.05, 0) is 18.6 Å². The average Bonchev–Trinajstić information content (AvgIpc) is 2.85. The molecule has 0 unspecified atom stereocenters. The van der Waals surface area contributed by atoms with Crippen LogP contribution in [0.5, 0.6) is 0 Å². The van der Waals surface area contributed by atoms with Crippen molar-refractivity contribution in [3.8, 4) is 0 Å². The summed E-state index contributed by atoms with van der Waals surface area (Å²) in [6.07, 6.45) is 2.27. The molecule has 3 rings (SSSR count). The van der Waals surface area contributed by atoms with Crippen molar-refractivity contribution in [2.24, 2.45) is 0 Å². The molecule has 0 aliphatic heterocycles. The third-order valence-electron chi connectivity index (χ3n) is 3.26. The molecule has 0 fully saturated rings. The zero-order chi connectivity index (χ0) is 14.8. The fraction of sp³-hybridized carbons (Fsp3) is 0.267. The molecule has 0 spiro atoms. The molecule has 0 saturated carbocycles. The third-order valence-corrected chi connectivity index (χ3v) is 3.26. The van der Waals surface area contributed by atoms with Crippen molar-refractivity contribution in [2.75, 3.05) is 18.0 Å². The first-order chi connectivity index (χ1) is 10.2. The molecule has 0 aliphatic rings. The van der Waals surface area contributed by atoms with Crippen LogP contribution < -0.4 is 4.90 Å². The Balaban J connectivity index is 2.19. The van der Waals surface area contributed by atoms with Crippen LogP contribution in [-0.2, 0) is 4.79 Å². The molecule has 6 heteroatoms. The van der Waals surface area contributed by atoms with Gasteiger partial charge in [-0.25, -0.2) is 9.97 Å². The van der Waals surface area contributed by atoms with Crippen molar-refractivity contribution < 1.29 is 14.3 Å². The molecule has 0 amide bonds. The van der Waals surface area contributed by atoms with E-state index >= 15 is 0 Å². The van der Waals surface area contributed by atoms with Crippen LogP contribution in [0.3, 0.4) is 0 Å². The van der Waals surface area contributed by atoms with E-state index < -0.39 is 5.97 Å². The third kappa shape index (κ3) is 2.40. The fourth-order valence-electron chi connectivity index (χ4n) is 2.43. The van der Waals surface area contributed by atoms with Gasteiger partial charge in [0.1, 0.15) is 24.0 Å². The highest BCUT2D eigenvalue weighted by Crippen LogP contribution is 2.31. The highest BCUT2D eigenvalue weighted by atomic mass is 16.4. The van der Waals surface area contributed by atoms with E-state index in [0.29, 0.717) is 23.5 Å². The summed E-state index contributed by atoms with van der Waals surface area (Å²) >= 11 is 0. The smallest absolute Gasteiger partial charge is 0.323 e. The number of para-hydroxylation sites is 1. The SMILES string of the molecule is CCCN(CC(=O)O)c1ncnc2c1oc1ccccc12. The number of carboxylic acids is 1. The number of fused-ring (bicyclic) bond motifs is 3. The molecule has 0 atom stereocenters. The van der Waals surface area contributed by atoms with Crippen LogP contribution in [0, 0.1) is 0 Å². The van der Waals surface area contributed by atoms with E-state index in [2.05, 4.69) is 9.97 Å². The van der Waals surface area contributed by atoms with Crippen LogP contribution in [-0.4, -0.2) is 34.1 Å². The van der Waals surface area contributed by atoms with Crippen LogP contribution >= 0.6 is 0 Å². The van der Waals surface area contributed by atoms with Gasteiger partial charge in [0.2, 0.25) is 0 Å². The summed E-state index contributed by atoms with van der Waals surface area (Å²) in [6, 6.07) is 7.60. The number of anilines is 1. The number of aliphatic carboxylic acids is 1. The molecule has 0 saturated heterocycles. The molecule has 6 nitrogen and oxygen atoms in total. The number of hydrogen-bond acceptors (Lipinski definition) is 5. The summed E-state index contributed by atoms with van der Waals surface area (Å²) in [5, 5.41) is 9.97. The van der Waals surface area contributed by atoms with Gasteiger partial charge in [-0.3, -0.25) is 4.79 Å². The van der Waals surface area contributed by atoms with Crippen LogP contribution in [0.15, 0.2) is 35.0 Å².